The first kappa shape index (κ1) is 16.8. The van der Waals surface area contributed by atoms with Gasteiger partial charge in [0.1, 0.15) is 4.99 Å². The second-order valence-corrected chi connectivity index (χ2v) is 5.76. The summed E-state index contributed by atoms with van der Waals surface area (Å²) in [6.07, 6.45) is -3.67. The molecule has 6 heteroatoms. The SMILES string of the molecule is CCC(C)(C)N(C)c1ccc(C(N)=S)c(C(F)(F)F)c1. The number of nitrogens with zero attached hydrogens (tertiary/aromatic N) is 1. The monoisotopic (exact) mass is 304 g/mol. The van der Waals surface area contributed by atoms with Crippen LogP contribution in [-0.2, 0) is 6.18 Å². The van der Waals surface area contributed by atoms with Crippen molar-refractivity contribution in [2.75, 3.05) is 11.9 Å². The van der Waals surface area contributed by atoms with Gasteiger partial charge >= 0.3 is 6.18 Å². The highest BCUT2D eigenvalue weighted by Crippen LogP contribution is 2.36. The van der Waals surface area contributed by atoms with Crippen LogP contribution in [0.4, 0.5) is 18.9 Å². The molecule has 2 N–H and O–H groups in total. The Balaban J connectivity index is 3.37. The second-order valence-electron chi connectivity index (χ2n) is 5.32. The molecule has 0 atom stereocenters. The first-order valence-corrected chi connectivity index (χ1v) is 6.66. The van der Waals surface area contributed by atoms with Crippen LogP contribution in [0, 0.1) is 0 Å². The van der Waals surface area contributed by atoms with Gasteiger partial charge in [-0.25, -0.2) is 0 Å². The van der Waals surface area contributed by atoms with Gasteiger partial charge in [-0.1, -0.05) is 19.1 Å². The molecule has 0 spiro atoms. The summed E-state index contributed by atoms with van der Waals surface area (Å²) in [5.41, 5.74) is 4.68. The first-order chi connectivity index (χ1) is 9.00. The lowest BCUT2D eigenvalue weighted by Crippen LogP contribution is -2.40. The maximum atomic E-state index is 13.1. The van der Waals surface area contributed by atoms with Crippen molar-refractivity contribution in [2.24, 2.45) is 5.73 Å². The summed E-state index contributed by atoms with van der Waals surface area (Å²) in [6.45, 7) is 5.94. The standard InChI is InChI=1S/C14H19F3N2S/c1-5-13(2,3)19(4)9-6-7-10(12(18)20)11(8-9)14(15,16)17/h6-8H,5H2,1-4H3,(H2,18,20). The molecule has 0 bridgehead atoms. The van der Waals surface area contributed by atoms with E-state index < -0.39 is 11.7 Å². The third kappa shape index (κ3) is 3.42. The zero-order valence-electron chi connectivity index (χ0n) is 12.0. The Morgan fingerprint density at radius 1 is 1.30 bits per heavy atom. The van der Waals surface area contributed by atoms with Gasteiger partial charge in [-0.15, -0.1) is 0 Å². The van der Waals surface area contributed by atoms with Gasteiger partial charge in [-0.3, -0.25) is 0 Å². The molecule has 0 heterocycles. The molecule has 0 aliphatic rings. The Morgan fingerprint density at radius 3 is 2.25 bits per heavy atom. The Labute approximate surface area is 122 Å². The van der Waals surface area contributed by atoms with Crippen LogP contribution in [0.3, 0.4) is 0 Å². The van der Waals surface area contributed by atoms with E-state index in [4.69, 9.17) is 5.73 Å². The Kier molecular flexibility index (Phi) is 4.69. The minimum Gasteiger partial charge on any atom is -0.389 e. The molecule has 112 valence electrons. The summed E-state index contributed by atoms with van der Waals surface area (Å²) in [4.78, 5) is 1.58. The molecule has 0 fully saturated rings. The quantitative estimate of drug-likeness (QED) is 0.854. The van der Waals surface area contributed by atoms with Crippen LogP contribution in [0.5, 0.6) is 0 Å². The van der Waals surface area contributed by atoms with E-state index in [-0.39, 0.29) is 16.1 Å². The molecule has 0 unspecified atom stereocenters. The molecule has 1 rings (SSSR count). The number of benzene rings is 1. The third-order valence-corrected chi connectivity index (χ3v) is 3.95. The average molecular weight is 304 g/mol. The zero-order valence-corrected chi connectivity index (χ0v) is 12.8. The summed E-state index contributed by atoms with van der Waals surface area (Å²) in [5.74, 6) is 0. The van der Waals surface area contributed by atoms with Crippen LogP contribution in [-0.4, -0.2) is 17.6 Å². The van der Waals surface area contributed by atoms with Crippen LogP contribution in [0.2, 0.25) is 0 Å². The van der Waals surface area contributed by atoms with Gasteiger partial charge in [0.2, 0.25) is 0 Å². The van der Waals surface area contributed by atoms with Crippen LogP contribution >= 0.6 is 12.2 Å². The molecular weight excluding hydrogens is 285 g/mol. The van der Waals surface area contributed by atoms with Gasteiger partial charge in [0.25, 0.3) is 0 Å². The third-order valence-electron chi connectivity index (χ3n) is 3.73. The normalized spacial score (nSPS) is 12.3. The molecule has 20 heavy (non-hydrogen) atoms. The summed E-state index contributed by atoms with van der Waals surface area (Å²) >= 11 is 4.69. The van der Waals surface area contributed by atoms with Crippen LogP contribution in [0.1, 0.15) is 38.3 Å². The maximum absolute atomic E-state index is 13.1. The van der Waals surface area contributed by atoms with Crippen LogP contribution in [0.25, 0.3) is 0 Å². The molecule has 0 saturated heterocycles. The van der Waals surface area contributed by atoms with Crippen LogP contribution in [0.15, 0.2) is 18.2 Å². The van der Waals surface area contributed by atoms with E-state index in [0.29, 0.717) is 5.69 Å². The van der Waals surface area contributed by atoms with E-state index in [2.05, 4.69) is 12.2 Å². The van der Waals surface area contributed by atoms with E-state index in [1.807, 2.05) is 25.7 Å². The van der Waals surface area contributed by atoms with Crippen molar-refractivity contribution < 1.29 is 13.2 Å². The van der Waals surface area contributed by atoms with Crippen molar-refractivity contribution >= 4 is 22.9 Å². The summed E-state index contributed by atoms with van der Waals surface area (Å²) in [7, 11) is 1.78. The van der Waals surface area contributed by atoms with Crippen molar-refractivity contribution in [3.05, 3.63) is 29.3 Å². The maximum Gasteiger partial charge on any atom is 0.417 e. The van der Waals surface area contributed by atoms with Crippen molar-refractivity contribution in [1.29, 1.82) is 0 Å². The number of nitrogens with two attached hydrogens (primary N) is 1. The Bertz CT molecular complexity index is 510. The van der Waals surface area contributed by atoms with E-state index in [1.54, 1.807) is 13.1 Å². The number of hydrogen-bond acceptors (Lipinski definition) is 2. The van der Waals surface area contributed by atoms with Crippen LogP contribution < -0.4 is 10.6 Å². The molecule has 2 nitrogen and oxygen atoms in total. The largest absolute Gasteiger partial charge is 0.417 e. The molecule has 0 aliphatic carbocycles. The highest BCUT2D eigenvalue weighted by Gasteiger charge is 2.35. The molecule has 1 aromatic carbocycles. The number of alkyl halides is 3. The Morgan fingerprint density at radius 2 is 1.85 bits per heavy atom. The number of hydrogen-bond donors (Lipinski definition) is 1. The van der Waals surface area contributed by atoms with Crippen molar-refractivity contribution in [3.8, 4) is 0 Å². The minimum atomic E-state index is -4.48. The van der Waals surface area contributed by atoms with E-state index in [9.17, 15) is 13.2 Å². The summed E-state index contributed by atoms with van der Waals surface area (Å²) in [5, 5.41) is 0. The van der Waals surface area contributed by atoms with Gasteiger partial charge in [0.05, 0.1) is 5.56 Å². The number of thiocarbonyl (C=S) groups is 1. The molecule has 0 amide bonds. The summed E-state index contributed by atoms with van der Waals surface area (Å²) < 4.78 is 39.3. The highest BCUT2D eigenvalue weighted by molar-refractivity contribution is 7.80. The predicted octanol–water partition coefficient (Wildman–Crippen LogP) is 3.96. The first-order valence-electron chi connectivity index (χ1n) is 6.25. The van der Waals surface area contributed by atoms with E-state index >= 15 is 0 Å². The topological polar surface area (TPSA) is 29.3 Å². The van der Waals surface area contributed by atoms with Crippen molar-refractivity contribution in [3.63, 3.8) is 0 Å². The lowest BCUT2D eigenvalue weighted by Gasteiger charge is -2.37. The van der Waals surface area contributed by atoms with Crippen molar-refractivity contribution in [2.45, 2.75) is 38.9 Å². The molecule has 0 aromatic heterocycles. The minimum absolute atomic E-state index is 0.140. The van der Waals surface area contributed by atoms with Gasteiger partial charge in [-0.05, 0) is 38.5 Å². The zero-order chi connectivity index (χ0) is 15.7. The molecule has 0 aliphatic heterocycles. The number of anilines is 1. The number of rotatable bonds is 4. The smallest absolute Gasteiger partial charge is 0.389 e. The molecule has 0 saturated carbocycles. The van der Waals surface area contributed by atoms with E-state index in [0.717, 1.165) is 12.5 Å². The predicted molar refractivity (Wildman–Crippen MR) is 80.1 cm³/mol. The lowest BCUT2D eigenvalue weighted by atomic mass is 9.97. The fourth-order valence-corrected chi connectivity index (χ4v) is 1.95. The van der Waals surface area contributed by atoms with E-state index in [1.165, 1.54) is 6.07 Å². The second kappa shape index (κ2) is 5.60. The molecule has 1 aromatic rings. The van der Waals surface area contributed by atoms with Gasteiger partial charge in [-0.2, -0.15) is 13.2 Å². The summed E-state index contributed by atoms with van der Waals surface area (Å²) in [6, 6.07) is 4.05. The highest BCUT2D eigenvalue weighted by atomic mass is 32.1. The van der Waals surface area contributed by atoms with Crippen molar-refractivity contribution in [1.82, 2.24) is 0 Å². The fourth-order valence-electron chi connectivity index (χ4n) is 1.78. The fraction of sp³-hybridized carbons (Fsp3) is 0.500. The molecular formula is C14H19F3N2S. The number of halogens is 3. The lowest BCUT2D eigenvalue weighted by molar-refractivity contribution is -0.137. The van der Waals surface area contributed by atoms with Gasteiger partial charge in [0, 0.05) is 23.8 Å². The van der Waals surface area contributed by atoms with Gasteiger partial charge < -0.3 is 10.6 Å². The Hall–Kier alpha value is -1.30. The molecule has 0 radical (unpaired) electrons. The average Bonchev–Trinajstić information content (AvgIpc) is 2.35. The van der Waals surface area contributed by atoms with Gasteiger partial charge in [0.15, 0.2) is 0 Å².